The van der Waals surface area contributed by atoms with Crippen molar-refractivity contribution >= 4 is 23.5 Å². The number of anilines is 1. The molecule has 0 bridgehead atoms. The number of imide groups is 1. The van der Waals surface area contributed by atoms with Crippen molar-refractivity contribution in [2.45, 2.75) is 31.7 Å². The molecule has 0 fully saturated rings. The molecule has 136 valence electrons. The molecule has 0 aromatic heterocycles. The zero-order valence-electron chi connectivity index (χ0n) is 13.1. The van der Waals surface area contributed by atoms with E-state index in [4.69, 9.17) is 5.73 Å². The third-order valence-corrected chi connectivity index (χ3v) is 3.65. The van der Waals surface area contributed by atoms with E-state index < -0.39 is 36.1 Å². The van der Waals surface area contributed by atoms with E-state index in [-0.39, 0.29) is 5.56 Å². The fraction of sp³-hybridized carbons (Fsp3) is 0.400. The van der Waals surface area contributed by atoms with E-state index in [1.54, 1.807) is 12.1 Å². The molecule has 0 unspecified atom stereocenters. The van der Waals surface area contributed by atoms with Crippen LogP contribution in [0.4, 0.5) is 18.9 Å². The maximum absolute atomic E-state index is 12.1. The topological polar surface area (TPSA) is 111 Å². The first-order valence-corrected chi connectivity index (χ1v) is 7.35. The van der Waals surface area contributed by atoms with Gasteiger partial charge in [-0.2, -0.15) is 13.2 Å². The molecule has 10 heteroatoms. The average molecular weight is 359 g/mol. The number of hydrogen-bond acceptors (Lipinski definition) is 6. The molecule has 4 N–H and O–H groups in total. The van der Waals surface area contributed by atoms with Crippen molar-refractivity contribution in [2.75, 3.05) is 11.9 Å². The average Bonchev–Trinajstić information content (AvgIpc) is 3.00. The summed E-state index contributed by atoms with van der Waals surface area (Å²) in [6.07, 6.45) is -5.94. The molecule has 2 amide bonds. The summed E-state index contributed by atoms with van der Waals surface area (Å²) in [6, 6.07) is 3.18. The minimum absolute atomic E-state index is 0.189. The first-order valence-electron chi connectivity index (χ1n) is 7.35. The van der Waals surface area contributed by atoms with Crippen LogP contribution in [0.1, 0.15) is 22.8 Å². The van der Waals surface area contributed by atoms with Crippen molar-refractivity contribution in [3.8, 4) is 0 Å². The van der Waals surface area contributed by atoms with E-state index in [0.717, 1.165) is 31.1 Å². The largest absolute Gasteiger partial charge is 0.490 e. The van der Waals surface area contributed by atoms with Gasteiger partial charge in [-0.1, -0.05) is 6.07 Å². The third kappa shape index (κ3) is 4.47. The van der Waals surface area contributed by atoms with Crippen LogP contribution >= 0.6 is 0 Å². The fourth-order valence-corrected chi connectivity index (χ4v) is 2.22. The summed E-state index contributed by atoms with van der Waals surface area (Å²) in [6.45, 7) is 1.77. The second-order valence-electron chi connectivity index (χ2n) is 5.50. The number of nitrogens with two attached hydrogens (primary N) is 1. The predicted molar refractivity (Wildman–Crippen MR) is 80.7 cm³/mol. The number of halogens is 3. The Labute approximate surface area is 140 Å². The maximum Gasteiger partial charge on any atom is 0.490 e. The van der Waals surface area contributed by atoms with Crippen LogP contribution in [0.15, 0.2) is 18.2 Å². The third-order valence-electron chi connectivity index (χ3n) is 3.65. The van der Waals surface area contributed by atoms with Gasteiger partial charge in [0.25, 0.3) is 5.91 Å². The van der Waals surface area contributed by atoms with Gasteiger partial charge in [0.05, 0.1) is 0 Å². The summed E-state index contributed by atoms with van der Waals surface area (Å²) < 4.78 is 40.5. The van der Waals surface area contributed by atoms with Crippen molar-refractivity contribution in [1.29, 1.82) is 0 Å². The molecular weight excluding hydrogens is 343 g/mol. The van der Waals surface area contributed by atoms with Gasteiger partial charge in [-0.15, -0.1) is 0 Å². The van der Waals surface area contributed by atoms with Crippen molar-refractivity contribution in [3.63, 3.8) is 0 Å². The number of alkyl halides is 3. The highest BCUT2D eigenvalue weighted by atomic mass is 19.4. The quantitative estimate of drug-likeness (QED) is 0.684. The number of hydrogen-bond donors (Lipinski definition) is 3. The first-order chi connectivity index (χ1) is 11.6. The molecule has 1 aromatic carbocycles. The normalized spacial score (nSPS) is 15.6. The number of amides is 2. The van der Waals surface area contributed by atoms with Crippen molar-refractivity contribution in [2.24, 2.45) is 5.73 Å². The number of benzene rings is 1. The van der Waals surface area contributed by atoms with Gasteiger partial charge in [0.2, 0.25) is 5.91 Å². The van der Waals surface area contributed by atoms with Crippen molar-refractivity contribution in [1.82, 2.24) is 5.32 Å². The van der Waals surface area contributed by atoms with Gasteiger partial charge in [-0.3, -0.25) is 14.9 Å². The lowest BCUT2D eigenvalue weighted by Crippen LogP contribution is -2.51. The van der Waals surface area contributed by atoms with Crippen molar-refractivity contribution < 1.29 is 32.3 Å². The summed E-state index contributed by atoms with van der Waals surface area (Å²) in [5.41, 5.74) is 7.45. The van der Waals surface area contributed by atoms with Gasteiger partial charge in [-0.05, 0) is 31.0 Å². The van der Waals surface area contributed by atoms with Gasteiger partial charge >= 0.3 is 12.1 Å². The van der Waals surface area contributed by atoms with Gasteiger partial charge in [-0.25, -0.2) is 4.79 Å². The van der Waals surface area contributed by atoms with Crippen LogP contribution in [0.5, 0.6) is 0 Å². The minimum Gasteiger partial charge on any atom is -0.454 e. The lowest BCUT2D eigenvalue weighted by atomic mass is 10.1. The number of fused-ring (bicyclic) bond motifs is 1. The fourth-order valence-electron chi connectivity index (χ4n) is 2.22. The molecular formula is C15H16F3N3O4. The van der Waals surface area contributed by atoms with E-state index in [9.17, 15) is 27.6 Å². The smallest absolute Gasteiger partial charge is 0.454 e. The lowest BCUT2D eigenvalue weighted by molar-refractivity contribution is -0.204. The van der Waals surface area contributed by atoms with Gasteiger partial charge in [0, 0.05) is 17.8 Å². The van der Waals surface area contributed by atoms with E-state index in [1.165, 1.54) is 6.07 Å². The number of rotatable bonds is 4. The molecule has 0 spiro atoms. The van der Waals surface area contributed by atoms with Crippen LogP contribution in [0.3, 0.4) is 0 Å². The number of ether oxygens (including phenoxy) is 1. The van der Waals surface area contributed by atoms with Crippen LogP contribution in [-0.2, 0) is 20.7 Å². The maximum atomic E-state index is 12.1. The second-order valence-corrected chi connectivity index (χ2v) is 5.50. The molecule has 0 saturated carbocycles. The van der Waals surface area contributed by atoms with Crippen LogP contribution in [0.25, 0.3) is 0 Å². The van der Waals surface area contributed by atoms with E-state index in [0.29, 0.717) is 0 Å². The van der Waals surface area contributed by atoms with Gasteiger partial charge < -0.3 is 15.8 Å². The summed E-state index contributed by atoms with van der Waals surface area (Å²) in [7, 11) is 0. The van der Waals surface area contributed by atoms with E-state index in [2.05, 4.69) is 10.1 Å². The summed E-state index contributed by atoms with van der Waals surface area (Å²) in [4.78, 5) is 34.7. The van der Waals surface area contributed by atoms with Crippen LogP contribution < -0.4 is 16.4 Å². The Balaban J connectivity index is 1.96. The zero-order valence-corrected chi connectivity index (χ0v) is 13.1. The van der Waals surface area contributed by atoms with Crippen molar-refractivity contribution in [3.05, 3.63) is 29.3 Å². The molecule has 0 saturated heterocycles. The Morgan fingerprint density at radius 1 is 1.32 bits per heavy atom. The Morgan fingerprint density at radius 3 is 2.64 bits per heavy atom. The molecule has 1 aliphatic rings. The lowest BCUT2D eigenvalue weighted by Gasteiger charge is -2.20. The summed E-state index contributed by atoms with van der Waals surface area (Å²) in [5.74, 6) is -4.27. The van der Waals surface area contributed by atoms with Crippen LogP contribution in [0, 0.1) is 0 Å². The second kappa shape index (κ2) is 7.09. The zero-order chi connectivity index (χ0) is 18.8. The standard InChI is InChI=1S/C15H16F3N3O4/c1-7(25-14(24)15(16,17)18)11(19)13(23)21-12(22)9-3-2-8-4-5-20-10(8)6-9/h2-3,6-7,11,20H,4-5,19H2,1H3,(H,21,22,23)/t7-,11+/m1/s1. The molecule has 0 radical (unpaired) electrons. The SMILES string of the molecule is C[C@@H](OC(=O)C(F)(F)F)[C@H](N)C(=O)NC(=O)c1ccc2c(c1)NCC2. The molecule has 2 atom stereocenters. The number of carbonyl (C=O) groups is 3. The van der Waals surface area contributed by atoms with Crippen LogP contribution in [-0.4, -0.2) is 42.7 Å². The Hall–Kier alpha value is -2.62. The summed E-state index contributed by atoms with van der Waals surface area (Å²) in [5, 5.41) is 5.05. The Bertz CT molecular complexity index is 706. The van der Waals surface area contributed by atoms with Crippen LogP contribution in [0.2, 0.25) is 0 Å². The molecule has 1 heterocycles. The Kier molecular flexibility index (Phi) is 5.31. The Morgan fingerprint density at radius 2 is 2.00 bits per heavy atom. The number of nitrogens with one attached hydrogen (secondary N) is 2. The molecule has 1 aliphatic heterocycles. The first kappa shape index (κ1) is 18.7. The molecule has 1 aromatic rings. The molecule has 25 heavy (non-hydrogen) atoms. The monoisotopic (exact) mass is 359 g/mol. The van der Waals surface area contributed by atoms with E-state index in [1.807, 2.05) is 5.32 Å². The van der Waals surface area contributed by atoms with E-state index >= 15 is 0 Å². The minimum atomic E-state index is -5.20. The highest BCUT2D eigenvalue weighted by Gasteiger charge is 2.43. The van der Waals surface area contributed by atoms with Gasteiger partial charge in [0.1, 0.15) is 12.1 Å². The molecule has 7 nitrogen and oxygen atoms in total. The molecule has 0 aliphatic carbocycles. The predicted octanol–water partition coefficient (Wildman–Crippen LogP) is 0.732. The van der Waals surface area contributed by atoms with Gasteiger partial charge in [0.15, 0.2) is 0 Å². The highest BCUT2D eigenvalue weighted by Crippen LogP contribution is 2.23. The highest BCUT2D eigenvalue weighted by molar-refractivity contribution is 6.06. The number of carbonyl (C=O) groups excluding carboxylic acids is 3. The number of esters is 1. The molecule has 2 rings (SSSR count). The summed E-state index contributed by atoms with van der Waals surface area (Å²) >= 11 is 0.